The Bertz CT molecular complexity index is 968. The van der Waals surface area contributed by atoms with Gasteiger partial charge in [-0.05, 0) is 30.7 Å². The van der Waals surface area contributed by atoms with Crippen LogP contribution in [-0.2, 0) is 0 Å². The standard InChI is InChI=1S/C19H20FN5O/c1-3-16-14-10-13(20)4-5-17(14)26-9-7-21-12(2)15-11-22-25-8-6-18(23-16)24-19(15)25/h4-6,8,10-11,16,21H,2-3,7,9H2,1H3,(H,23,24)/t16-/m1/s1. The first kappa shape index (κ1) is 16.4. The van der Waals surface area contributed by atoms with Crippen LogP contribution in [-0.4, -0.2) is 27.7 Å². The molecule has 26 heavy (non-hydrogen) atoms. The molecule has 3 aromatic rings. The molecular formula is C19H20FN5O. The molecule has 0 unspecified atom stereocenters. The number of rotatable bonds is 1. The maximum absolute atomic E-state index is 13.9. The van der Waals surface area contributed by atoms with Crippen molar-refractivity contribution in [2.24, 2.45) is 0 Å². The second kappa shape index (κ2) is 6.67. The molecule has 0 amide bonds. The third kappa shape index (κ3) is 2.96. The number of ether oxygens (including phenoxy) is 1. The van der Waals surface area contributed by atoms with E-state index >= 15 is 0 Å². The monoisotopic (exact) mass is 353 g/mol. The van der Waals surface area contributed by atoms with Crippen molar-refractivity contribution in [3.63, 3.8) is 0 Å². The van der Waals surface area contributed by atoms with Crippen LogP contribution in [0.4, 0.5) is 10.2 Å². The molecule has 2 aromatic heterocycles. The first-order chi connectivity index (χ1) is 12.7. The molecular weight excluding hydrogens is 333 g/mol. The van der Waals surface area contributed by atoms with E-state index in [4.69, 9.17) is 4.74 Å². The van der Waals surface area contributed by atoms with Crippen molar-refractivity contribution >= 4 is 17.2 Å². The lowest BCUT2D eigenvalue weighted by molar-refractivity contribution is 0.316. The summed E-state index contributed by atoms with van der Waals surface area (Å²) in [5.74, 6) is 1.07. The number of fused-ring (bicyclic) bond motifs is 2. The highest BCUT2D eigenvalue weighted by Crippen LogP contribution is 2.31. The smallest absolute Gasteiger partial charge is 0.166 e. The second-order valence-electron chi connectivity index (χ2n) is 6.18. The van der Waals surface area contributed by atoms with Gasteiger partial charge in [0.1, 0.15) is 24.0 Å². The summed E-state index contributed by atoms with van der Waals surface area (Å²) in [5, 5.41) is 10.9. The van der Waals surface area contributed by atoms with E-state index in [9.17, 15) is 4.39 Å². The Morgan fingerprint density at radius 1 is 1.38 bits per heavy atom. The fourth-order valence-electron chi connectivity index (χ4n) is 3.12. The van der Waals surface area contributed by atoms with Crippen LogP contribution in [0.2, 0.25) is 0 Å². The molecule has 0 radical (unpaired) electrons. The van der Waals surface area contributed by atoms with E-state index < -0.39 is 0 Å². The summed E-state index contributed by atoms with van der Waals surface area (Å²) in [6.07, 6.45) is 4.34. The molecule has 0 spiro atoms. The fourth-order valence-corrected chi connectivity index (χ4v) is 3.12. The van der Waals surface area contributed by atoms with Crippen molar-refractivity contribution in [2.75, 3.05) is 18.5 Å². The number of nitrogens with zero attached hydrogens (tertiary/aromatic N) is 3. The second-order valence-corrected chi connectivity index (χ2v) is 6.18. The first-order valence-electron chi connectivity index (χ1n) is 8.62. The summed E-state index contributed by atoms with van der Waals surface area (Å²) in [6, 6.07) is 6.33. The molecule has 3 heterocycles. The van der Waals surface area contributed by atoms with Crippen LogP contribution >= 0.6 is 0 Å². The zero-order chi connectivity index (χ0) is 18.1. The van der Waals surface area contributed by atoms with Crippen LogP contribution in [0.1, 0.15) is 30.5 Å². The number of halogens is 1. The Balaban J connectivity index is 1.81. The number of benzene rings is 1. The SMILES string of the molecule is C=C1NCCOc2ccc(F)cc2[C@@H](CC)Nc2ccn3ncc1c3n2. The van der Waals surface area contributed by atoms with Crippen molar-refractivity contribution in [1.82, 2.24) is 19.9 Å². The Morgan fingerprint density at radius 3 is 3.12 bits per heavy atom. The predicted octanol–water partition coefficient (Wildman–Crippen LogP) is 3.38. The Hall–Kier alpha value is -3.09. The number of hydrogen-bond acceptors (Lipinski definition) is 5. The van der Waals surface area contributed by atoms with Crippen LogP contribution in [0, 0.1) is 5.82 Å². The van der Waals surface area contributed by atoms with Crippen LogP contribution in [0.15, 0.2) is 43.2 Å². The highest BCUT2D eigenvalue weighted by atomic mass is 19.1. The van der Waals surface area contributed by atoms with Gasteiger partial charge in [-0.1, -0.05) is 13.5 Å². The normalized spacial score (nSPS) is 17.3. The summed E-state index contributed by atoms with van der Waals surface area (Å²) in [5.41, 5.74) is 3.06. The molecule has 2 bridgehead atoms. The summed E-state index contributed by atoms with van der Waals surface area (Å²) in [7, 11) is 0. The van der Waals surface area contributed by atoms with Gasteiger partial charge in [-0.3, -0.25) is 0 Å². The zero-order valence-corrected chi connectivity index (χ0v) is 14.5. The molecule has 0 saturated carbocycles. The van der Waals surface area contributed by atoms with Crippen LogP contribution in [0.5, 0.6) is 5.75 Å². The van der Waals surface area contributed by atoms with E-state index in [2.05, 4.69) is 27.3 Å². The van der Waals surface area contributed by atoms with Gasteiger partial charge in [0.2, 0.25) is 0 Å². The van der Waals surface area contributed by atoms with Crippen molar-refractivity contribution in [1.29, 1.82) is 0 Å². The minimum absolute atomic E-state index is 0.126. The van der Waals surface area contributed by atoms with E-state index in [-0.39, 0.29) is 11.9 Å². The van der Waals surface area contributed by atoms with Gasteiger partial charge < -0.3 is 15.4 Å². The molecule has 1 aliphatic rings. The fraction of sp³-hybridized carbons (Fsp3) is 0.263. The molecule has 1 aromatic carbocycles. The van der Waals surface area contributed by atoms with Gasteiger partial charge in [0.05, 0.1) is 17.8 Å². The maximum atomic E-state index is 13.9. The minimum Gasteiger partial charge on any atom is -0.491 e. The summed E-state index contributed by atoms with van der Waals surface area (Å²) in [4.78, 5) is 4.68. The number of nitrogens with one attached hydrogen (secondary N) is 2. The lowest BCUT2D eigenvalue weighted by Crippen LogP contribution is -2.20. The van der Waals surface area contributed by atoms with Gasteiger partial charge >= 0.3 is 0 Å². The molecule has 6 nitrogen and oxygen atoms in total. The summed E-state index contributed by atoms with van der Waals surface area (Å²) in [6.45, 7) is 7.11. The molecule has 0 fully saturated rings. The predicted molar refractivity (Wildman–Crippen MR) is 98.6 cm³/mol. The van der Waals surface area contributed by atoms with Crippen molar-refractivity contribution in [3.05, 3.63) is 60.2 Å². The highest BCUT2D eigenvalue weighted by Gasteiger charge is 2.18. The van der Waals surface area contributed by atoms with Gasteiger partial charge in [-0.25, -0.2) is 13.9 Å². The van der Waals surface area contributed by atoms with E-state index in [1.54, 1.807) is 16.8 Å². The average Bonchev–Trinajstić information content (AvgIpc) is 3.06. The molecule has 4 rings (SSSR count). The lowest BCUT2D eigenvalue weighted by Gasteiger charge is -2.21. The van der Waals surface area contributed by atoms with Crippen LogP contribution < -0.4 is 15.4 Å². The van der Waals surface area contributed by atoms with E-state index in [1.807, 2.05) is 19.2 Å². The highest BCUT2D eigenvalue weighted by molar-refractivity contribution is 5.73. The van der Waals surface area contributed by atoms with E-state index in [0.717, 1.165) is 23.2 Å². The molecule has 0 saturated heterocycles. The molecule has 2 N–H and O–H groups in total. The summed E-state index contributed by atoms with van der Waals surface area (Å²) < 4.78 is 21.5. The lowest BCUT2D eigenvalue weighted by atomic mass is 10.0. The van der Waals surface area contributed by atoms with Crippen molar-refractivity contribution < 1.29 is 9.13 Å². The van der Waals surface area contributed by atoms with E-state index in [1.165, 1.54) is 12.1 Å². The van der Waals surface area contributed by atoms with Crippen LogP contribution in [0.25, 0.3) is 11.3 Å². The van der Waals surface area contributed by atoms with Gasteiger partial charge in [-0.15, -0.1) is 0 Å². The Morgan fingerprint density at radius 2 is 2.27 bits per heavy atom. The first-order valence-corrected chi connectivity index (χ1v) is 8.62. The Kier molecular flexibility index (Phi) is 4.20. The summed E-state index contributed by atoms with van der Waals surface area (Å²) >= 11 is 0. The number of anilines is 1. The molecule has 1 aliphatic heterocycles. The third-order valence-corrected chi connectivity index (χ3v) is 4.47. The molecule has 0 aliphatic carbocycles. The molecule has 134 valence electrons. The topological polar surface area (TPSA) is 63.5 Å². The zero-order valence-electron chi connectivity index (χ0n) is 14.5. The van der Waals surface area contributed by atoms with Crippen LogP contribution in [0.3, 0.4) is 0 Å². The quantitative estimate of drug-likeness (QED) is 0.702. The molecule has 7 heteroatoms. The minimum atomic E-state index is -0.287. The Labute approximate surface area is 150 Å². The van der Waals surface area contributed by atoms with Gasteiger partial charge in [-0.2, -0.15) is 5.10 Å². The van der Waals surface area contributed by atoms with Crippen molar-refractivity contribution in [3.8, 4) is 5.75 Å². The van der Waals surface area contributed by atoms with E-state index in [0.29, 0.717) is 30.4 Å². The van der Waals surface area contributed by atoms with Gasteiger partial charge in [0, 0.05) is 24.0 Å². The molecule has 1 atom stereocenters. The van der Waals surface area contributed by atoms with Gasteiger partial charge in [0.25, 0.3) is 0 Å². The number of hydrogen-bond donors (Lipinski definition) is 2. The third-order valence-electron chi connectivity index (χ3n) is 4.47. The van der Waals surface area contributed by atoms with Gasteiger partial charge in [0.15, 0.2) is 5.65 Å². The van der Waals surface area contributed by atoms with Crippen molar-refractivity contribution in [2.45, 2.75) is 19.4 Å². The average molecular weight is 353 g/mol. The number of aromatic nitrogens is 3. The largest absolute Gasteiger partial charge is 0.491 e. The maximum Gasteiger partial charge on any atom is 0.166 e.